The zero-order valence-corrected chi connectivity index (χ0v) is 15.2. The molecule has 1 aromatic carbocycles. The number of nitrogens with one attached hydrogen (secondary N) is 2. The summed E-state index contributed by atoms with van der Waals surface area (Å²) in [5.41, 5.74) is 1.58. The maximum Gasteiger partial charge on any atom is 0.269 e. The standard InChI is InChI=1S/C19H25N3O3/c1-5-19(3,14-8-6-7-9-17(14)25-4)10-11-20-18(24)16-12-15(13(2)23)21-22-16/h6-9,12H,5,10-11H2,1-4H3,(H,20,24)(H,21,22)/t19-/m0/s1. The number of methoxy groups -OCH3 is 1. The quantitative estimate of drug-likeness (QED) is 0.721. The fourth-order valence-electron chi connectivity index (χ4n) is 2.81. The molecule has 0 saturated heterocycles. The Labute approximate surface area is 148 Å². The molecule has 2 N–H and O–H groups in total. The topological polar surface area (TPSA) is 84.1 Å². The van der Waals surface area contributed by atoms with E-state index in [1.54, 1.807) is 7.11 Å². The van der Waals surface area contributed by atoms with Crippen LogP contribution in [-0.2, 0) is 5.41 Å². The predicted octanol–water partition coefficient (Wildman–Crippen LogP) is 3.11. The number of H-pyrrole nitrogens is 1. The molecular weight excluding hydrogens is 318 g/mol. The SMILES string of the molecule is CC[C@@](C)(CCNC(=O)c1cc(C(C)=O)n[nH]1)c1ccccc1OC. The average molecular weight is 343 g/mol. The van der Waals surface area contributed by atoms with Crippen molar-refractivity contribution >= 4 is 11.7 Å². The lowest BCUT2D eigenvalue weighted by Gasteiger charge is -2.30. The summed E-state index contributed by atoms with van der Waals surface area (Å²) < 4.78 is 5.48. The van der Waals surface area contributed by atoms with E-state index in [4.69, 9.17) is 4.74 Å². The second kappa shape index (κ2) is 7.96. The van der Waals surface area contributed by atoms with Crippen molar-refractivity contribution in [3.05, 3.63) is 47.3 Å². The van der Waals surface area contributed by atoms with Crippen molar-refractivity contribution in [2.24, 2.45) is 0 Å². The maximum absolute atomic E-state index is 12.2. The molecule has 134 valence electrons. The molecule has 0 fully saturated rings. The number of para-hydroxylation sites is 1. The van der Waals surface area contributed by atoms with Gasteiger partial charge in [0.2, 0.25) is 0 Å². The molecule has 1 amide bonds. The van der Waals surface area contributed by atoms with E-state index in [0.717, 1.165) is 24.2 Å². The molecule has 0 radical (unpaired) electrons. The van der Waals surface area contributed by atoms with Crippen LogP contribution < -0.4 is 10.1 Å². The monoisotopic (exact) mass is 343 g/mol. The highest BCUT2D eigenvalue weighted by Gasteiger charge is 2.27. The molecule has 0 aliphatic rings. The first-order chi connectivity index (χ1) is 11.9. The fourth-order valence-corrected chi connectivity index (χ4v) is 2.81. The number of hydrogen-bond donors (Lipinski definition) is 2. The van der Waals surface area contributed by atoms with Crippen molar-refractivity contribution in [2.75, 3.05) is 13.7 Å². The lowest BCUT2D eigenvalue weighted by atomic mass is 9.77. The molecule has 6 nitrogen and oxygen atoms in total. The van der Waals surface area contributed by atoms with Gasteiger partial charge in [-0.05, 0) is 30.4 Å². The van der Waals surface area contributed by atoms with E-state index < -0.39 is 0 Å². The number of Topliss-reactive ketones (excluding diaryl/α,β-unsaturated/α-hetero) is 1. The number of nitrogens with zero attached hydrogens (tertiary/aromatic N) is 1. The number of amides is 1. The van der Waals surface area contributed by atoms with E-state index >= 15 is 0 Å². The largest absolute Gasteiger partial charge is 0.496 e. The Hall–Kier alpha value is -2.63. The molecule has 0 spiro atoms. The van der Waals surface area contributed by atoms with Gasteiger partial charge in [0.05, 0.1) is 7.11 Å². The minimum Gasteiger partial charge on any atom is -0.496 e. The van der Waals surface area contributed by atoms with Crippen molar-refractivity contribution in [3.63, 3.8) is 0 Å². The highest BCUT2D eigenvalue weighted by atomic mass is 16.5. The normalized spacial score (nSPS) is 13.1. The number of ether oxygens (including phenoxy) is 1. The van der Waals surface area contributed by atoms with Crippen molar-refractivity contribution in [1.82, 2.24) is 15.5 Å². The zero-order valence-electron chi connectivity index (χ0n) is 15.2. The Morgan fingerprint density at radius 2 is 2.04 bits per heavy atom. The van der Waals surface area contributed by atoms with E-state index in [1.165, 1.54) is 13.0 Å². The van der Waals surface area contributed by atoms with Crippen LogP contribution in [0.5, 0.6) is 5.75 Å². The smallest absolute Gasteiger partial charge is 0.269 e. The third-order valence-corrected chi connectivity index (χ3v) is 4.68. The number of benzene rings is 1. The van der Waals surface area contributed by atoms with Crippen LogP contribution in [0.15, 0.2) is 30.3 Å². The summed E-state index contributed by atoms with van der Waals surface area (Å²) in [6, 6.07) is 9.44. The van der Waals surface area contributed by atoms with Crippen LogP contribution in [-0.4, -0.2) is 35.5 Å². The van der Waals surface area contributed by atoms with Crippen LogP contribution in [0.1, 0.15) is 60.2 Å². The number of rotatable bonds is 8. The first kappa shape index (κ1) is 18.7. The second-order valence-electron chi connectivity index (χ2n) is 6.34. The molecule has 1 aromatic heterocycles. The maximum atomic E-state index is 12.2. The van der Waals surface area contributed by atoms with Gasteiger partial charge in [-0.1, -0.05) is 32.0 Å². The fraction of sp³-hybridized carbons (Fsp3) is 0.421. The van der Waals surface area contributed by atoms with Crippen molar-refractivity contribution in [3.8, 4) is 5.75 Å². The molecule has 1 atom stereocenters. The number of carbonyl (C=O) groups is 2. The molecule has 0 aliphatic carbocycles. The van der Waals surface area contributed by atoms with Crippen LogP contribution in [0.4, 0.5) is 0 Å². The third kappa shape index (κ3) is 4.26. The van der Waals surface area contributed by atoms with Crippen molar-refractivity contribution in [1.29, 1.82) is 0 Å². The second-order valence-corrected chi connectivity index (χ2v) is 6.34. The van der Waals surface area contributed by atoms with Gasteiger partial charge in [0.1, 0.15) is 17.1 Å². The molecule has 2 rings (SSSR count). The minimum atomic E-state index is -0.265. The van der Waals surface area contributed by atoms with Crippen LogP contribution in [0.25, 0.3) is 0 Å². The summed E-state index contributed by atoms with van der Waals surface area (Å²) in [5.74, 6) is 0.418. The Balaban J connectivity index is 2.02. The van der Waals surface area contributed by atoms with Gasteiger partial charge in [0.25, 0.3) is 5.91 Å². The van der Waals surface area contributed by atoms with Gasteiger partial charge in [0, 0.05) is 19.0 Å². The van der Waals surface area contributed by atoms with Gasteiger partial charge in [-0.3, -0.25) is 14.7 Å². The number of aromatic nitrogens is 2. The minimum absolute atomic E-state index is 0.113. The van der Waals surface area contributed by atoms with E-state index in [1.807, 2.05) is 18.2 Å². The Bertz CT molecular complexity index is 754. The molecular formula is C19H25N3O3. The van der Waals surface area contributed by atoms with Crippen LogP contribution in [0.2, 0.25) is 0 Å². The summed E-state index contributed by atoms with van der Waals surface area (Å²) in [6.07, 6.45) is 1.69. The third-order valence-electron chi connectivity index (χ3n) is 4.68. The molecule has 25 heavy (non-hydrogen) atoms. The Kier molecular flexibility index (Phi) is 5.96. The number of hydrogen-bond acceptors (Lipinski definition) is 4. The lowest BCUT2D eigenvalue weighted by Crippen LogP contribution is -2.31. The van der Waals surface area contributed by atoms with Gasteiger partial charge < -0.3 is 10.1 Å². The number of carbonyl (C=O) groups excluding carboxylic acids is 2. The van der Waals surface area contributed by atoms with Crippen LogP contribution >= 0.6 is 0 Å². The van der Waals surface area contributed by atoms with Crippen molar-refractivity contribution in [2.45, 2.75) is 39.0 Å². The van der Waals surface area contributed by atoms with E-state index in [0.29, 0.717) is 12.2 Å². The highest BCUT2D eigenvalue weighted by Crippen LogP contribution is 2.36. The van der Waals surface area contributed by atoms with Gasteiger partial charge in [-0.15, -0.1) is 0 Å². The first-order valence-electron chi connectivity index (χ1n) is 8.39. The molecule has 0 saturated carbocycles. The molecule has 0 bridgehead atoms. The van der Waals surface area contributed by atoms with Gasteiger partial charge in [-0.2, -0.15) is 5.10 Å². The van der Waals surface area contributed by atoms with Gasteiger partial charge >= 0.3 is 0 Å². The van der Waals surface area contributed by atoms with E-state index in [9.17, 15) is 9.59 Å². The molecule has 0 aliphatic heterocycles. The Morgan fingerprint density at radius 3 is 2.64 bits per heavy atom. The lowest BCUT2D eigenvalue weighted by molar-refractivity contribution is 0.0945. The first-order valence-corrected chi connectivity index (χ1v) is 8.39. The average Bonchev–Trinajstić information content (AvgIpc) is 3.12. The van der Waals surface area contributed by atoms with E-state index in [2.05, 4.69) is 35.4 Å². The van der Waals surface area contributed by atoms with Gasteiger partial charge in [0.15, 0.2) is 5.78 Å². The number of ketones is 1. The molecule has 2 aromatic rings. The number of aromatic amines is 1. The summed E-state index contributed by atoms with van der Waals surface area (Å²) in [4.78, 5) is 23.5. The van der Waals surface area contributed by atoms with Gasteiger partial charge in [-0.25, -0.2) is 0 Å². The Morgan fingerprint density at radius 1 is 1.32 bits per heavy atom. The summed E-state index contributed by atoms with van der Waals surface area (Å²) in [7, 11) is 1.67. The summed E-state index contributed by atoms with van der Waals surface area (Å²) >= 11 is 0. The van der Waals surface area contributed by atoms with E-state index in [-0.39, 0.29) is 22.8 Å². The van der Waals surface area contributed by atoms with Crippen LogP contribution in [0.3, 0.4) is 0 Å². The summed E-state index contributed by atoms with van der Waals surface area (Å²) in [5, 5.41) is 9.31. The zero-order chi connectivity index (χ0) is 18.4. The van der Waals surface area contributed by atoms with Crippen molar-refractivity contribution < 1.29 is 14.3 Å². The predicted molar refractivity (Wildman–Crippen MR) is 96.2 cm³/mol. The molecule has 6 heteroatoms. The highest BCUT2D eigenvalue weighted by molar-refractivity contribution is 5.97. The molecule has 1 heterocycles. The summed E-state index contributed by atoms with van der Waals surface area (Å²) in [6.45, 7) is 6.22. The van der Waals surface area contributed by atoms with Crippen LogP contribution in [0, 0.1) is 0 Å². The molecule has 0 unspecified atom stereocenters.